The lowest BCUT2D eigenvalue weighted by molar-refractivity contribution is -0.0443. The number of nitrogens with one attached hydrogen (secondary N) is 2. The molecule has 1 aromatic carbocycles. The van der Waals surface area contributed by atoms with E-state index in [4.69, 9.17) is 27.9 Å². The van der Waals surface area contributed by atoms with Gasteiger partial charge in [0.15, 0.2) is 0 Å². The van der Waals surface area contributed by atoms with Crippen LogP contribution in [0.3, 0.4) is 0 Å². The van der Waals surface area contributed by atoms with Crippen LogP contribution in [0.4, 0.5) is 4.79 Å². The smallest absolute Gasteiger partial charge is 0.422 e. The van der Waals surface area contributed by atoms with Crippen molar-refractivity contribution >= 4 is 56.3 Å². The molecule has 2 amide bonds. The van der Waals surface area contributed by atoms with Crippen LogP contribution in [0.25, 0.3) is 10.9 Å². The van der Waals surface area contributed by atoms with Gasteiger partial charge in [0.2, 0.25) is 0 Å². The maximum absolute atomic E-state index is 13.0. The predicted molar refractivity (Wildman–Crippen MR) is 126 cm³/mol. The largest absolute Gasteiger partial charge is 0.443 e. The number of hydrogen-bond donors (Lipinski definition) is 2. The quantitative estimate of drug-likeness (QED) is 0.646. The first kappa shape index (κ1) is 24.1. The lowest BCUT2D eigenvalue weighted by Crippen LogP contribution is -2.72. The van der Waals surface area contributed by atoms with E-state index in [9.17, 15) is 18.0 Å². The number of nitrogens with zero attached hydrogens (tertiary/aromatic N) is 2. The fourth-order valence-corrected chi connectivity index (χ4v) is 6.01. The molecule has 1 aliphatic heterocycles. The lowest BCUT2D eigenvalue weighted by atomic mass is 9.60. The second kappa shape index (κ2) is 8.04. The molecule has 12 heteroatoms. The van der Waals surface area contributed by atoms with Crippen molar-refractivity contribution in [3.05, 3.63) is 33.9 Å². The Labute approximate surface area is 202 Å². The fourth-order valence-electron chi connectivity index (χ4n) is 4.39. The average molecular weight is 517 g/mol. The molecular weight excluding hydrogens is 491 g/mol. The predicted octanol–water partition coefficient (Wildman–Crippen LogP) is 3.45. The van der Waals surface area contributed by atoms with E-state index in [0.29, 0.717) is 21.1 Å². The molecule has 2 N–H and O–H groups in total. The third kappa shape index (κ3) is 4.41. The topological polar surface area (TPSA) is 110 Å². The van der Waals surface area contributed by atoms with Crippen LogP contribution in [0.2, 0.25) is 10.0 Å². The second-order valence-electron chi connectivity index (χ2n) is 9.69. The van der Waals surface area contributed by atoms with Crippen molar-refractivity contribution in [2.24, 2.45) is 12.5 Å². The van der Waals surface area contributed by atoms with E-state index in [2.05, 4.69) is 5.32 Å². The molecule has 33 heavy (non-hydrogen) atoms. The molecule has 1 aromatic heterocycles. The highest BCUT2D eigenvalue weighted by molar-refractivity contribution is 7.87. The highest BCUT2D eigenvalue weighted by Gasteiger charge is 2.58. The number of carbonyl (C=O) groups excluding carboxylic acids is 2. The molecular formula is C21H26Cl2N4O5S. The Morgan fingerprint density at radius 3 is 2.45 bits per heavy atom. The summed E-state index contributed by atoms with van der Waals surface area (Å²) in [5, 5.41) is 4.53. The first-order valence-corrected chi connectivity index (χ1v) is 12.7. The van der Waals surface area contributed by atoms with E-state index in [1.165, 1.54) is 4.31 Å². The number of halogens is 2. The molecule has 1 saturated heterocycles. The van der Waals surface area contributed by atoms with Crippen LogP contribution in [0.1, 0.15) is 44.1 Å². The van der Waals surface area contributed by atoms with Gasteiger partial charge in [-0.05, 0) is 51.8 Å². The fraction of sp³-hybridized carbons (Fsp3) is 0.524. The van der Waals surface area contributed by atoms with Crippen LogP contribution in [0.15, 0.2) is 18.2 Å². The van der Waals surface area contributed by atoms with Gasteiger partial charge in [-0.2, -0.15) is 12.7 Å². The SMILES string of the molecule is Cn1c(C(=O)NC2CCC23CN(S(=O)(=O)NC(=O)OC(C)(C)C)C3)cc2c(Cl)c(Cl)ccc21. The third-order valence-corrected chi connectivity index (χ3v) is 8.44. The summed E-state index contributed by atoms with van der Waals surface area (Å²) in [6.45, 7) is 5.38. The minimum atomic E-state index is -4.01. The van der Waals surface area contributed by atoms with Gasteiger partial charge in [-0.15, -0.1) is 0 Å². The Morgan fingerprint density at radius 2 is 1.88 bits per heavy atom. The first-order chi connectivity index (χ1) is 15.2. The molecule has 1 atom stereocenters. The van der Waals surface area contributed by atoms with Crippen molar-refractivity contribution in [2.45, 2.75) is 45.3 Å². The molecule has 2 aromatic rings. The van der Waals surface area contributed by atoms with Gasteiger partial charge in [-0.25, -0.2) is 9.52 Å². The number of hydrogen-bond acceptors (Lipinski definition) is 5. The van der Waals surface area contributed by atoms with Gasteiger partial charge in [0, 0.05) is 42.5 Å². The number of benzene rings is 1. The van der Waals surface area contributed by atoms with Gasteiger partial charge in [-0.3, -0.25) is 4.79 Å². The van der Waals surface area contributed by atoms with E-state index in [0.717, 1.165) is 18.4 Å². The maximum Gasteiger partial charge on any atom is 0.422 e. The van der Waals surface area contributed by atoms with E-state index in [1.807, 2.05) is 4.72 Å². The van der Waals surface area contributed by atoms with Crippen LogP contribution in [-0.2, 0) is 22.0 Å². The Hall–Kier alpha value is -2.01. The molecule has 1 spiro atoms. The van der Waals surface area contributed by atoms with Gasteiger partial charge < -0.3 is 14.6 Å². The molecule has 0 radical (unpaired) electrons. The van der Waals surface area contributed by atoms with E-state index in [-0.39, 0.29) is 30.5 Å². The van der Waals surface area contributed by atoms with Crippen LogP contribution in [-0.4, -0.2) is 54.0 Å². The van der Waals surface area contributed by atoms with Crippen molar-refractivity contribution < 1.29 is 22.7 Å². The third-order valence-electron chi connectivity index (χ3n) is 6.26. The lowest BCUT2D eigenvalue weighted by Gasteiger charge is -2.59. The van der Waals surface area contributed by atoms with Crippen molar-refractivity contribution in [2.75, 3.05) is 13.1 Å². The first-order valence-electron chi connectivity index (χ1n) is 10.5. The van der Waals surface area contributed by atoms with Crippen LogP contribution in [0, 0.1) is 5.41 Å². The van der Waals surface area contributed by atoms with Crippen molar-refractivity contribution in [3.8, 4) is 0 Å². The summed E-state index contributed by atoms with van der Waals surface area (Å²) in [4.78, 5) is 24.9. The van der Waals surface area contributed by atoms with Crippen molar-refractivity contribution in [1.29, 1.82) is 0 Å². The zero-order valence-corrected chi connectivity index (χ0v) is 21.1. The minimum absolute atomic E-state index is 0.171. The Kier molecular flexibility index (Phi) is 5.88. The van der Waals surface area contributed by atoms with Gasteiger partial charge in [0.25, 0.3) is 5.91 Å². The van der Waals surface area contributed by atoms with Crippen molar-refractivity contribution in [3.63, 3.8) is 0 Å². The van der Waals surface area contributed by atoms with Crippen LogP contribution < -0.4 is 10.0 Å². The zero-order chi connectivity index (χ0) is 24.3. The molecule has 4 rings (SSSR count). The number of ether oxygens (including phenoxy) is 1. The van der Waals surface area contributed by atoms with Gasteiger partial charge in [-0.1, -0.05) is 23.2 Å². The number of aromatic nitrogens is 1. The Morgan fingerprint density at radius 1 is 1.21 bits per heavy atom. The summed E-state index contributed by atoms with van der Waals surface area (Å²) >= 11 is 12.4. The molecule has 9 nitrogen and oxygen atoms in total. The van der Waals surface area contributed by atoms with Crippen molar-refractivity contribution in [1.82, 2.24) is 18.9 Å². The Bertz CT molecular complexity index is 1250. The van der Waals surface area contributed by atoms with E-state index < -0.39 is 21.9 Å². The summed E-state index contributed by atoms with van der Waals surface area (Å²) in [7, 11) is -2.24. The number of carbonyl (C=O) groups is 2. The molecule has 2 heterocycles. The number of aryl methyl sites for hydroxylation is 1. The molecule has 0 bridgehead atoms. The standard InChI is InChI=1S/C21H26Cl2N4O5S/c1-20(2,3)32-19(29)25-33(30,31)27-10-21(11-27)8-7-16(21)24-18(28)15-9-12-14(26(15)4)6-5-13(22)17(12)23/h5-6,9,16H,7-8,10-11H2,1-4H3,(H,24,28)(H,25,29). The zero-order valence-electron chi connectivity index (χ0n) is 18.7. The van der Waals surface area contributed by atoms with E-state index in [1.54, 1.807) is 50.6 Å². The van der Waals surface area contributed by atoms with E-state index >= 15 is 0 Å². The van der Waals surface area contributed by atoms with Crippen LogP contribution >= 0.6 is 23.2 Å². The maximum atomic E-state index is 13.0. The van der Waals surface area contributed by atoms with Gasteiger partial charge in [0.05, 0.1) is 10.0 Å². The number of rotatable bonds is 4. The molecule has 1 unspecified atom stereocenters. The summed E-state index contributed by atoms with van der Waals surface area (Å²) < 4.78 is 34.9. The monoisotopic (exact) mass is 516 g/mol. The minimum Gasteiger partial charge on any atom is -0.443 e. The summed E-state index contributed by atoms with van der Waals surface area (Å²) in [6, 6.07) is 5.02. The van der Waals surface area contributed by atoms with Crippen LogP contribution in [0.5, 0.6) is 0 Å². The van der Waals surface area contributed by atoms with Gasteiger partial charge in [0.1, 0.15) is 11.3 Å². The molecule has 180 valence electrons. The number of amides is 2. The molecule has 1 aliphatic carbocycles. The summed E-state index contributed by atoms with van der Waals surface area (Å²) in [6.07, 6.45) is 0.513. The highest BCUT2D eigenvalue weighted by atomic mass is 35.5. The summed E-state index contributed by atoms with van der Waals surface area (Å²) in [5.41, 5.74) is 0.0685. The highest BCUT2D eigenvalue weighted by Crippen LogP contribution is 2.49. The molecule has 1 saturated carbocycles. The molecule has 2 fully saturated rings. The normalized spacial score (nSPS) is 20.2. The average Bonchev–Trinajstić information content (AvgIpc) is 2.95. The molecule has 2 aliphatic rings. The Balaban J connectivity index is 1.41. The summed E-state index contributed by atoms with van der Waals surface area (Å²) in [5.74, 6) is -0.266. The second-order valence-corrected chi connectivity index (χ2v) is 12.1. The number of fused-ring (bicyclic) bond motifs is 1. The van der Waals surface area contributed by atoms with Gasteiger partial charge >= 0.3 is 16.3 Å².